The maximum Gasteiger partial charge on any atom is 0.314 e. The molecule has 0 saturated carbocycles. The highest BCUT2D eigenvalue weighted by Crippen LogP contribution is 2.05. The van der Waals surface area contributed by atoms with Crippen molar-refractivity contribution < 1.29 is 4.79 Å². The predicted octanol–water partition coefficient (Wildman–Crippen LogP) is 0.448. The lowest BCUT2D eigenvalue weighted by molar-refractivity contribution is 0.239. The van der Waals surface area contributed by atoms with E-state index in [2.05, 4.69) is 16.0 Å². The number of hydrogen-bond donors (Lipinski definition) is 3. The second kappa shape index (κ2) is 5.80. The van der Waals surface area contributed by atoms with E-state index in [-0.39, 0.29) is 6.03 Å². The lowest BCUT2D eigenvalue weighted by atomic mass is 10.1. The van der Waals surface area contributed by atoms with Crippen molar-refractivity contribution in [1.29, 1.82) is 0 Å². The lowest BCUT2D eigenvalue weighted by Crippen LogP contribution is -2.46. The summed E-state index contributed by atoms with van der Waals surface area (Å²) in [4.78, 5) is 11.0. The number of rotatable bonds is 3. The van der Waals surface area contributed by atoms with Crippen molar-refractivity contribution in [2.75, 3.05) is 19.6 Å². The molecule has 0 aromatic rings. The van der Waals surface area contributed by atoms with Crippen molar-refractivity contribution in [3.8, 4) is 0 Å². The maximum atomic E-state index is 11.0. The van der Waals surface area contributed by atoms with Crippen molar-refractivity contribution in [2.24, 2.45) is 0 Å². The molecule has 1 fully saturated rings. The summed E-state index contributed by atoms with van der Waals surface area (Å²) in [5.74, 6) is 0. The molecule has 4 heteroatoms. The number of urea groups is 1. The Labute approximate surface area is 79.5 Å². The summed E-state index contributed by atoms with van der Waals surface area (Å²) in [7, 11) is 0. The average molecular weight is 185 g/mol. The molecular weight excluding hydrogens is 166 g/mol. The number of carbonyl (C=O) groups excluding carboxylic acids is 1. The molecule has 1 aliphatic rings. The third-order valence-corrected chi connectivity index (χ3v) is 2.26. The van der Waals surface area contributed by atoms with Gasteiger partial charge in [-0.1, -0.05) is 6.42 Å². The van der Waals surface area contributed by atoms with E-state index in [0.717, 1.165) is 13.1 Å². The van der Waals surface area contributed by atoms with E-state index in [1.807, 2.05) is 6.92 Å². The SMILES string of the molecule is CCNC(=O)NCC1CCCCN1. The van der Waals surface area contributed by atoms with Gasteiger partial charge in [-0.25, -0.2) is 4.79 Å². The third-order valence-electron chi connectivity index (χ3n) is 2.26. The number of piperidine rings is 1. The Bertz CT molecular complexity index is 155. The minimum Gasteiger partial charge on any atom is -0.338 e. The van der Waals surface area contributed by atoms with Gasteiger partial charge in [0.05, 0.1) is 0 Å². The monoisotopic (exact) mass is 185 g/mol. The van der Waals surface area contributed by atoms with Crippen LogP contribution >= 0.6 is 0 Å². The van der Waals surface area contributed by atoms with Crippen molar-refractivity contribution in [1.82, 2.24) is 16.0 Å². The minimum atomic E-state index is -0.0603. The molecule has 4 nitrogen and oxygen atoms in total. The van der Waals surface area contributed by atoms with Gasteiger partial charge < -0.3 is 16.0 Å². The van der Waals surface area contributed by atoms with Crippen molar-refractivity contribution in [3.05, 3.63) is 0 Å². The highest BCUT2D eigenvalue weighted by molar-refractivity contribution is 5.73. The van der Waals surface area contributed by atoms with Crippen molar-refractivity contribution in [3.63, 3.8) is 0 Å². The second-order valence-electron chi connectivity index (χ2n) is 3.39. The lowest BCUT2D eigenvalue weighted by Gasteiger charge is -2.23. The smallest absolute Gasteiger partial charge is 0.314 e. The van der Waals surface area contributed by atoms with Gasteiger partial charge >= 0.3 is 6.03 Å². The van der Waals surface area contributed by atoms with Crippen LogP contribution in [-0.2, 0) is 0 Å². The predicted molar refractivity (Wildman–Crippen MR) is 52.7 cm³/mol. The number of amides is 2. The molecular formula is C9H19N3O. The number of nitrogens with one attached hydrogen (secondary N) is 3. The van der Waals surface area contributed by atoms with E-state index >= 15 is 0 Å². The molecule has 1 rings (SSSR count). The summed E-state index contributed by atoms with van der Waals surface area (Å²) in [6.07, 6.45) is 3.71. The van der Waals surface area contributed by atoms with Crippen molar-refractivity contribution in [2.45, 2.75) is 32.2 Å². The molecule has 3 N–H and O–H groups in total. The van der Waals surface area contributed by atoms with Gasteiger partial charge in [-0.05, 0) is 26.3 Å². The average Bonchev–Trinajstić information content (AvgIpc) is 2.17. The Morgan fingerprint density at radius 2 is 2.31 bits per heavy atom. The summed E-state index contributed by atoms with van der Waals surface area (Å²) < 4.78 is 0. The van der Waals surface area contributed by atoms with E-state index in [0.29, 0.717) is 12.6 Å². The van der Waals surface area contributed by atoms with Crippen LogP contribution < -0.4 is 16.0 Å². The Hall–Kier alpha value is -0.770. The Morgan fingerprint density at radius 3 is 2.92 bits per heavy atom. The maximum absolute atomic E-state index is 11.0. The first kappa shape index (κ1) is 10.3. The molecule has 76 valence electrons. The van der Waals surface area contributed by atoms with Gasteiger partial charge in [-0.2, -0.15) is 0 Å². The number of hydrogen-bond acceptors (Lipinski definition) is 2. The van der Waals surface area contributed by atoms with E-state index < -0.39 is 0 Å². The first-order chi connectivity index (χ1) is 6.33. The summed E-state index contributed by atoms with van der Waals surface area (Å²) >= 11 is 0. The van der Waals surface area contributed by atoms with E-state index in [1.54, 1.807) is 0 Å². The van der Waals surface area contributed by atoms with Crippen LogP contribution in [0.25, 0.3) is 0 Å². The van der Waals surface area contributed by atoms with Crippen LogP contribution in [-0.4, -0.2) is 31.7 Å². The second-order valence-corrected chi connectivity index (χ2v) is 3.39. The summed E-state index contributed by atoms with van der Waals surface area (Å²) in [5.41, 5.74) is 0. The van der Waals surface area contributed by atoms with Crippen LogP contribution in [0.15, 0.2) is 0 Å². The molecule has 0 bridgehead atoms. The molecule has 1 atom stereocenters. The third kappa shape index (κ3) is 4.12. The fraction of sp³-hybridized carbons (Fsp3) is 0.889. The van der Waals surface area contributed by atoms with Gasteiger partial charge in [0, 0.05) is 19.1 Å². The minimum absolute atomic E-state index is 0.0603. The van der Waals surface area contributed by atoms with Crippen LogP contribution in [0.3, 0.4) is 0 Å². The molecule has 0 aromatic carbocycles. The largest absolute Gasteiger partial charge is 0.338 e. The summed E-state index contributed by atoms with van der Waals surface area (Å²) in [6.45, 7) is 4.43. The van der Waals surface area contributed by atoms with Gasteiger partial charge in [0.1, 0.15) is 0 Å². The number of carbonyl (C=O) groups is 1. The molecule has 1 saturated heterocycles. The molecule has 0 spiro atoms. The summed E-state index contributed by atoms with van der Waals surface area (Å²) in [6, 6.07) is 0.409. The van der Waals surface area contributed by atoms with Crippen LogP contribution in [0.2, 0.25) is 0 Å². The molecule has 0 radical (unpaired) electrons. The van der Waals surface area contributed by atoms with Gasteiger partial charge in [-0.15, -0.1) is 0 Å². The first-order valence-corrected chi connectivity index (χ1v) is 5.08. The van der Waals surface area contributed by atoms with Gasteiger partial charge in [-0.3, -0.25) is 0 Å². The van der Waals surface area contributed by atoms with E-state index in [9.17, 15) is 4.79 Å². The first-order valence-electron chi connectivity index (χ1n) is 5.08. The van der Waals surface area contributed by atoms with Gasteiger partial charge in [0.25, 0.3) is 0 Å². The van der Waals surface area contributed by atoms with Crippen LogP contribution in [0.5, 0.6) is 0 Å². The topological polar surface area (TPSA) is 53.2 Å². The molecule has 1 heterocycles. The zero-order chi connectivity index (χ0) is 9.52. The summed E-state index contributed by atoms with van der Waals surface area (Å²) in [5, 5.41) is 8.92. The highest BCUT2D eigenvalue weighted by Gasteiger charge is 2.12. The molecule has 1 aliphatic heterocycles. The van der Waals surface area contributed by atoms with Crippen LogP contribution in [0.4, 0.5) is 4.79 Å². The van der Waals surface area contributed by atoms with Gasteiger partial charge in [0.2, 0.25) is 0 Å². The molecule has 13 heavy (non-hydrogen) atoms. The zero-order valence-electron chi connectivity index (χ0n) is 8.23. The molecule has 1 unspecified atom stereocenters. The van der Waals surface area contributed by atoms with Crippen LogP contribution in [0.1, 0.15) is 26.2 Å². The Morgan fingerprint density at radius 1 is 1.46 bits per heavy atom. The van der Waals surface area contributed by atoms with E-state index in [4.69, 9.17) is 0 Å². The fourth-order valence-electron chi connectivity index (χ4n) is 1.54. The molecule has 2 amide bonds. The normalized spacial score (nSPS) is 22.4. The van der Waals surface area contributed by atoms with Gasteiger partial charge in [0.15, 0.2) is 0 Å². The van der Waals surface area contributed by atoms with Crippen LogP contribution in [0, 0.1) is 0 Å². The molecule has 0 aliphatic carbocycles. The highest BCUT2D eigenvalue weighted by atomic mass is 16.2. The van der Waals surface area contributed by atoms with Crippen molar-refractivity contribution >= 4 is 6.03 Å². The molecule has 0 aromatic heterocycles. The standard InChI is InChI=1S/C9H19N3O/c1-2-10-9(13)12-7-8-5-3-4-6-11-8/h8,11H,2-7H2,1H3,(H2,10,12,13). The fourth-order valence-corrected chi connectivity index (χ4v) is 1.54. The van der Waals surface area contributed by atoms with E-state index in [1.165, 1.54) is 19.3 Å². The Kier molecular flexibility index (Phi) is 4.60. The quantitative estimate of drug-likeness (QED) is 0.598. The Balaban J connectivity index is 2.06. The zero-order valence-corrected chi connectivity index (χ0v) is 8.23.